The largest absolute Gasteiger partial charge is 0.366 e. The molecule has 2 aromatic rings. The summed E-state index contributed by atoms with van der Waals surface area (Å²) in [5.41, 5.74) is 6.00. The third kappa shape index (κ3) is 3.00. The fraction of sp³-hybridized carbons (Fsp3) is 0.250. The van der Waals surface area contributed by atoms with Crippen molar-refractivity contribution in [3.8, 4) is 0 Å². The maximum absolute atomic E-state index is 12.3. The van der Waals surface area contributed by atoms with Crippen LogP contribution in [-0.4, -0.2) is 11.8 Å². The van der Waals surface area contributed by atoms with E-state index in [-0.39, 0.29) is 22.4 Å². The molecule has 6 heteroatoms. The summed E-state index contributed by atoms with van der Waals surface area (Å²) in [6, 6.07) is 8.90. The Kier molecular flexibility index (Phi) is 3.93. The molecule has 2 amide bonds. The molecule has 3 N–H and O–H groups in total. The van der Waals surface area contributed by atoms with Crippen LogP contribution in [0.5, 0.6) is 0 Å². The van der Waals surface area contributed by atoms with Crippen LogP contribution in [0.25, 0.3) is 0 Å². The number of carbonyl (C=O) groups excluding carboxylic acids is 2. The Morgan fingerprint density at radius 3 is 2.73 bits per heavy atom. The highest BCUT2D eigenvalue weighted by molar-refractivity contribution is 7.12. The molecule has 2 atom stereocenters. The standard InChI is InChI=1S/C16H15ClN2O2S/c1-8-2-5-14(22-8)10-7-11(10)16(21)19-9-3-4-13(17)12(6-9)15(18)20/h2-6,10-11H,7H2,1H3,(H2,18,20)(H,19,21)/t10-,11+/m1/s1. The predicted octanol–water partition coefficient (Wildman–Crippen LogP) is 3.55. The van der Waals surface area contributed by atoms with Gasteiger partial charge in [-0.3, -0.25) is 9.59 Å². The number of rotatable bonds is 4. The molecule has 1 aliphatic carbocycles. The fourth-order valence-corrected chi connectivity index (χ4v) is 3.75. The first-order chi connectivity index (χ1) is 10.5. The molecule has 0 unspecified atom stereocenters. The minimum absolute atomic E-state index is 0.00856. The van der Waals surface area contributed by atoms with Gasteiger partial charge < -0.3 is 11.1 Å². The molecule has 0 aliphatic heterocycles. The van der Waals surface area contributed by atoms with Gasteiger partial charge in [-0.25, -0.2) is 0 Å². The lowest BCUT2D eigenvalue weighted by Crippen LogP contribution is -2.16. The first kappa shape index (κ1) is 15.1. The van der Waals surface area contributed by atoms with Crippen LogP contribution in [0.3, 0.4) is 0 Å². The number of thiophene rings is 1. The van der Waals surface area contributed by atoms with Crippen LogP contribution in [0, 0.1) is 12.8 Å². The Balaban J connectivity index is 1.68. The van der Waals surface area contributed by atoms with E-state index in [1.807, 2.05) is 0 Å². The van der Waals surface area contributed by atoms with Gasteiger partial charge >= 0.3 is 0 Å². The van der Waals surface area contributed by atoms with Crippen molar-refractivity contribution in [1.29, 1.82) is 0 Å². The van der Waals surface area contributed by atoms with Crippen molar-refractivity contribution in [1.82, 2.24) is 0 Å². The second-order valence-corrected chi connectivity index (χ2v) is 7.17. The van der Waals surface area contributed by atoms with E-state index in [1.54, 1.807) is 23.5 Å². The number of hydrogen-bond acceptors (Lipinski definition) is 3. The van der Waals surface area contributed by atoms with Gasteiger partial charge in [0.1, 0.15) is 0 Å². The van der Waals surface area contributed by atoms with Gasteiger partial charge in [-0.1, -0.05) is 11.6 Å². The molecular formula is C16H15ClN2O2S. The number of nitrogens with one attached hydrogen (secondary N) is 1. The van der Waals surface area contributed by atoms with Crippen LogP contribution in [0.2, 0.25) is 5.02 Å². The van der Waals surface area contributed by atoms with Gasteiger partial charge in [0.05, 0.1) is 10.6 Å². The number of anilines is 1. The van der Waals surface area contributed by atoms with Crippen LogP contribution in [0.1, 0.15) is 32.5 Å². The monoisotopic (exact) mass is 334 g/mol. The summed E-state index contributed by atoms with van der Waals surface area (Å²) in [5.74, 6) is -0.347. The summed E-state index contributed by atoms with van der Waals surface area (Å²) in [7, 11) is 0. The number of carbonyl (C=O) groups is 2. The Labute approximate surface area is 137 Å². The zero-order valence-electron chi connectivity index (χ0n) is 11.9. The Hall–Kier alpha value is -1.85. The van der Waals surface area contributed by atoms with Gasteiger partial charge in [-0.2, -0.15) is 0 Å². The third-order valence-electron chi connectivity index (χ3n) is 3.75. The van der Waals surface area contributed by atoms with E-state index < -0.39 is 5.91 Å². The molecular weight excluding hydrogens is 320 g/mol. The van der Waals surface area contributed by atoms with Crippen LogP contribution in [-0.2, 0) is 4.79 Å². The number of amides is 2. The Morgan fingerprint density at radius 2 is 2.09 bits per heavy atom. The number of primary amides is 1. The fourth-order valence-electron chi connectivity index (χ4n) is 2.48. The lowest BCUT2D eigenvalue weighted by atomic mass is 10.2. The van der Waals surface area contributed by atoms with Crippen molar-refractivity contribution in [2.45, 2.75) is 19.3 Å². The van der Waals surface area contributed by atoms with Crippen molar-refractivity contribution >= 4 is 40.4 Å². The predicted molar refractivity (Wildman–Crippen MR) is 88.5 cm³/mol. The second-order valence-electron chi connectivity index (χ2n) is 5.45. The van der Waals surface area contributed by atoms with Crippen molar-refractivity contribution < 1.29 is 9.59 Å². The van der Waals surface area contributed by atoms with Gasteiger partial charge in [0.2, 0.25) is 11.8 Å². The zero-order valence-corrected chi connectivity index (χ0v) is 13.5. The lowest BCUT2D eigenvalue weighted by molar-refractivity contribution is -0.117. The quantitative estimate of drug-likeness (QED) is 0.897. The highest BCUT2D eigenvalue weighted by Crippen LogP contribution is 2.50. The number of benzene rings is 1. The average molecular weight is 335 g/mol. The topological polar surface area (TPSA) is 72.2 Å². The van der Waals surface area contributed by atoms with Crippen LogP contribution in [0.15, 0.2) is 30.3 Å². The van der Waals surface area contributed by atoms with E-state index in [2.05, 4.69) is 24.4 Å². The van der Waals surface area contributed by atoms with Gasteiger partial charge in [-0.05, 0) is 43.7 Å². The number of halogens is 1. The molecule has 1 saturated carbocycles. The molecule has 1 aromatic heterocycles. The maximum Gasteiger partial charge on any atom is 0.250 e. The molecule has 0 radical (unpaired) electrons. The summed E-state index contributed by atoms with van der Waals surface area (Å²) in [6.07, 6.45) is 0.863. The van der Waals surface area contributed by atoms with E-state index in [0.717, 1.165) is 6.42 Å². The van der Waals surface area contributed by atoms with E-state index in [9.17, 15) is 9.59 Å². The van der Waals surface area contributed by atoms with Crippen molar-refractivity contribution in [3.63, 3.8) is 0 Å². The van der Waals surface area contributed by atoms with Crippen molar-refractivity contribution in [2.24, 2.45) is 11.7 Å². The highest BCUT2D eigenvalue weighted by atomic mass is 35.5. The minimum atomic E-state index is -0.612. The number of nitrogens with two attached hydrogens (primary N) is 1. The third-order valence-corrected chi connectivity index (χ3v) is 5.22. The smallest absolute Gasteiger partial charge is 0.250 e. The van der Waals surface area contributed by atoms with E-state index in [4.69, 9.17) is 17.3 Å². The molecule has 114 valence electrons. The molecule has 0 spiro atoms. The molecule has 1 aromatic carbocycles. The normalized spacial score (nSPS) is 19.7. The van der Waals surface area contributed by atoms with Crippen LogP contribution >= 0.6 is 22.9 Å². The molecule has 1 heterocycles. The summed E-state index contributed by atoms with van der Waals surface area (Å²) in [4.78, 5) is 26.1. The van der Waals surface area contributed by atoms with Crippen molar-refractivity contribution in [2.75, 3.05) is 5.32 Å². The van der Waals surface area contributed by atoms with E-state index in [0.29, 0.717) is 11.6 Å². The molecule has 0 bridgehead atoms. The van der Waals surface area contributed by atoms with E-state index in [1.165, 1.54) is 15.8 Å². The van der Waals surface area contributed by atoms with Crippen molar-refractivity contribution in [3.05, 3.63) is 50.7 Å². The average Bonchev–Trinajstić information content (AvgIpc) is 3.16. The summed E-state index contributed by atoms with van der Waals surface area (Å²) < 4.78 is 0. The minimum Gasteiger partial charge on any atom is -0.366 e. The zero-order chi connectivity index (χ0) is 15.9. The van der Waals surface area contributed by atoms with Crippen LogP contribution in [0.4, 0.5) is 5.69 Å². The van der Waals surface area contributed by atoms with Gasteiger partial charge in [0.25, 0.3) is 0 Å². The highest BCUT2D eigenvalue weighted by Gasteiger charge is 2.44. The number of hydrogen-bond donors (Lipinski definition) is 2. The maximum atomic E-state index is 12.3. The summed E-state index contributed by atoms with van der Waals surface area (Å²) >= 11 is 7.63. The van der Waals surface area contributed by atoms with Crippen LogP contribution < -0.4 is 11.1 Å². The molecule has 3 rings (SSSR count). The first-order valence-corrected chi connectivity index (χ1v) is 8.11. The first-order valence-electron chi connectivity index (χ1n) is 6.92. The molecule has 22 heavy (non-hydrogen) atoms. The van der Waals surface area contributed by atoms with Gasteiger partial charge in [0, 0.05) is 27.3 Å². The molecule has 4 nitrogen and oxygen atoms in total. The van der Waals surface area contributed by atoms with E-state index >= 15 is 0 Å². The lowest BCUT2D eigenvalue weighted by Gasteiger charge is -2.07. The molecule has 1 fully saturated rings. The molecule has 1 aliphatic rings. The Bertz CT molecular complexity index is 756. The van der Waals surface area contributed by atoms with Gasteiger partial charge in [-0.15, -0.1) is 11.3 Å². The van der Waals surface area contributed by atoms with Gasteiger partial charge in [0.15, 0.2) is 0 Å². The summed E-state index contributed by atoms with van der Waals surface area (Å²) in [5, 5.41) is 3.11. The Morgan fingerprint density at radius 1 is 1.32 bits per heavy atom. The summed E-state index contributed by atoms with van der Waals surface area (Å²) in [6.45, 7) is 2.06. The number of aryl methyl sites for hydroxylation is 1. The second kappa shape index (κ2) is 5.74. The molecule has 0 saturated heterocycles. The SMILES string of the molecule is Cc1ccc([C@@H]2C[C@@H]2C(=O)Nc2ccc(Cl)c(C(N)=O)c2)s1.